The number of halogens is 1. The first kappa shape index (κ1) is 14.5. The van der Waals surface area contributed by atoms with Crippen LogP contribution in [0.1, 0.15) is 12.5 Å². The van der Waals surface area contributed by atoms with Crippen LogP contribution in [0.4, 0.5) is 10.2 Å². The molecule has 1 aliphatic heterocycles. The Morgan fingerprint density at radius 2 is 2.23 bits per heavy atom. The summed E-state index contributed by atoms with van der Waals surface area (Å²) < 4.78 is 19.9. The fourth-order valence-electron chi connectivity index (χ4n) is 2.33. The monoisotopic (exact) mass is 304 g/mol. The van der Waals surface area contributed by atoms with E-state index < -0.39 is 0 Å². The van der Waals surface area contributed by atoms with E-state index in [0.29, 0.717) is 17.6 Å². The fraction of sp³-hybridized carbons (Fsp3) is 0.333. The van der Waals surface area contributed by atoms with Crippen LogP contribution in [0.15, 0.2) is 36.5 Å². The molecule has 1 atom stereocenters. The Morgan fingerprint density at radius 3 is 2.95 bits per heavy atom. The van der Waals surface area contributed by atoms with E-state index in [1.807, 2.05) is 10.9 Å². The van der Waals surface area contributed by atoms with E-state index in [1.54, 1.807) is 6.07 Å². The van der Waals surface area contributed by atoms with Crippen molar-refractivity contribution in [3.8, 4) is 5.75 Å². The van der Waals surface area contributed by atoms with Crippen molar-refractivity contribution in [1.29, 1.82) is 0 Å². The van der Waals surface area contributed by atoms with E-state index in [9.17, 15) is 9.18 Å². The van der Waals surface area contributed by atoms with E-state index >= 15 is 0 Å². The van der Waals surface area contributed by atoms with Gasteiger partial charge in [-0.15, -0.1) is 0 Å². The normalized spacial score (nSPS) is 17.4. The average Bonchev–Trinajstić information content (AvgIpc) is 3.17. The molecule has 2 aromatic rings. The van der Waals surface area contributed by atoms with Gasteiger partial charge >= 0.3 is 0 Å². The van der Waals surface area contributed by atoms with Crippen LogP contribution in [0.25, 0.3) is 0 Å². The highest BCUT2D eigenvalue weighted by molar-refractivity contribution is 5.90. The number of aromatic nitrogens is 2. The molecule has 0 bridgehead atoms. The van der Waals surface area contributed by atoms with Gasteiger partial charge in [0, 0.05) is 18.8 Å². The molecule has 0 aliphatic carbocycles. The molecule has 116 valence electrons. The molecule has 7 heteroatoms. The SMILES string of the molecule is O=C(COc1ccc(F)cc1)Nc1ccn(C2CCNC2)n1. The molecule has 3 rings (SSSR count). The zero-order chi connectivity index (χ0) is 15.4. The first-order chi connectivity index (χ1) is 10.7. The lowest BCUT2D eigenvalue weighted by Crippen LogP contribution is -2.21. The number of hydrogen-bond donors (Lipinski definition) is 2. The van der Waals surface area contributed by atoms with Crippen LogP contribution in [0.5, 0.6) is 5.75 Å². The lowest BCUT2D eigenvalue weighted by molar-refractivity contribution is -0.118. The Bertz CT molecular complexity index is 635. The smallest absolute Gasteiger partial charge is 0.263 e. The van der Waals surface area contributed by atoms with Gasteiger partial charge in [0.15, 0.2) is 12.4 Å². The molecule has 0 radical (unpaired) electrons. The number of amides is 1. The second-order valence-corrected chi connectivity index (χ2v) is 5.12. The van der Waals surface area contributed by atoms with Crippen LogP contribution in [-0.2, 0) is 4.79 Å². The molecule has 22 heavy (non-hydrogen) atoms. The highest BCUT2D eigenvalue weighted by Gasteiger charge is 2.17. The number of nitrogens with one attached hydrogen (secondary N) is 2. The van der Waals surface area contributed by atoms with E-state index in [0.717, 1.165) is 19.5 Å². The van der Waals surface area contributed by atoms with Crippen LogP contribution in [0.3, 0.4) is 0 Å². The fourth-order valence-corrected chi connectivity index (χ4v) is 2.33. The third kappa shape index (κ3) is 3.62. The highest BCUT2D eigenvalue weighted by Crippen LogP contribution is 2.16. The predicted molar refractivity (Wildman–Crippen MR) is 79.3 cm³/mol. The van der Waals surface area contributed by atoms with E-state index in [4.69, 9.17) is 4.74 Å². The molecule has 1 aromatic heterocycles. The van der Waals surface area contributed by atoms with Gasteiger partial charge in [0.1, 0.15) is 11.6 Å². The molecule has 1 unspecified atom stereocenters. The Kier molecular flexibility index (Phi) is 4.34. The summed E-state index contributed by atoms with van der Waals surface area (Å²) in [4.78, 5) is 11.8. The summed E-state index contributed by atoms with van der Waals surface area (Å²) in [5, 5.41) is 10.3. The number of carbonyl (C=O) groups is 1. The van der Waals surface area contributed by atoms with Crippen molar-refractivity contribution in [2.75, 3.05) is 25.0 Å². The second-order valence-electron chi connectivity index (χ2n) is 5.12. The van der Waals surface area contributed by atoms with Crippen LogP contribution in [0.2, 0.25) is 0 Å². The molecule has 1 saturated heterocycles. The van der Waals surface area contributed by atoms with Crippen molar-refractivity contribution >= 4 is 11.7 Å². The Labute approximate surface area is 127 Å². The van der Waals surface area contributed by atoms with Gasteiger partial charge in [0.2, 0.25) is 0 Å². The summed E-state index contributed by atoms with van der Waals surface area (Å²) in [6.07, 6.45) is 2.89. The Balaban J connectivity index is 1.50. The first-order valence-electron chi connectivity index (χ1n) is 7.15. The minimum atomic E-state index is -0.344. The van der Waals surface area contributed by atoms with Gasteiger partial charge in [-0.25, -0.2) is 4.39 Å². The molecule has 2 heterocycles. The number of ether oxygens (including phenoxy) is 1. The number of rotatable bonds is 5. The molecule has 1 fully saturated rings. The van der Waals surface area contributed by atoms with Crippen molar-refractivity contribution in [1.82, 2.24) is 15.1 Å². The van der Waals surface area contributed by atoms with Crippen molar-refractivity contribution in [3.05, 3.63) is 42.3 Å². The quantitative estimate of drug-likeness (QED) is 0.880. The number of anilines is 1. The van der Waals surface area contributed by atoms with Gasteiger partial charge in [-0.05, 0) is 37.2 Å². The Morgan fingerprint density at radius 1 is 1.41 bits per heavy atom. The molecular formula is C15H17FN4O2. The minimum Gasteiger partial charge on any atom is -0.484 e. The zero-order valence-corrected chi connectivity index (χ0v) is 12.0. The standard InChI is InChI=1S/C15H17FN4O2/c16-11-1-3-13(4-2-11)22-10-15(21)18-14-6-8-20(19-14)12-5-7-17-9-12/h1-4,6,8,12,17H,5,7,9-10H2,(H,18,19,21). The number of hydrogen-bond acceptors (Lipinski definition) is 4. The molecule has 2 N–H and O–H groups in total. The van der Waals surface area contributed by atoms with Crippen LogP contribution in [-0.4, -0.2) is 35.4 Å². The van der Waals surface area contributed by atoms with E-state index in [2.05, 4.69) is 15.7 Å². The summed E-state index contributed by atoms with van der Waals surface area (Å²) in [5.74, 6) is 0.293. The molecule has 0 saturated carbocycles. The van der Waals surface area contributed by atoms with Crippen LogP contribution >= 0.6 is 0 Å². The van der Waals surface area contributed by atoms with Crippen LogP contribution < -0.4 is 15.4 Å². The lowest BCUT2D eigenvalue weighted by atomic mass is 10.3. The van der Waals surface area contributed by atoms with Crippen LogP contribution in [0, 0.1) is 5.82 Å². The number of benzene rings is 1. The maximum Gasteiger partial charge on any atom is 0.263 e. The Hall–Kier alpha value is -2.41. The molecule has 6 nitrogen and oxygen atoms in total. The van der Waals surface area contributed by atoms with Crippen molar-refractivity contribution in [2.24, 2.45) is 0 Å². The number of nitrogens with zero attached hydrogens (tertiary/aromatic N) is 2. The lowest BCUT2D eigenvalue weighted by Gasteiger charge is -2.08. The molecular weight excluding hydrogens is 287 g/mol. The predicted octanol–water partition coefficient (Wildman–Crippen LogP) is 1.57. The molecule has 1 amide bonds. The van der Waals surface area contributed by atoms with Crippen molar-refractivity contribution in [2.45, 2.75) is 12.5 Å². The zero-order valence-electron chi connectivity index (χ0n) is 12.0. The highest BCUT2D eigenvalue weighted by atomic mass is 19.1. The topological polar surface area (TPSA) is 68.2 Å². The minimum absolute atomic E-state index is 0.149. The van der Waals surface area contributed by atoms with Gasteiger partial charge in [-0.1, -0.05) is 0 Å². The molecule has 0 spiro atoms. The van der Waals surface area contributed by atoms with Gasteiger partial charge in [0.05, 0.1) is 6.04 Å². The molecule has 1 aliphatic rings. The van der Waals surface area contributed by atoms with Gasteiger partial charge in [-0.3, -0.25) is 9.48 Å². The number of carbonyl (C=O) groups excluding carboxylic acids is 1. The summed E-state index contributed by atoms with van der Waals surface area (Å²) in [6, 6.07) is 7.61. The van der Waals surface area contributed by atoms with Gasteiger partial charge in [-0.2, -0.15) is 5.10 Å². The van der Waals surface area contributed by atoms with Crippen molar-refractivity contribution < 1.29 is 13.9 Å². The van der Waals surface area contributed by atoms with Crippen molar-refractivity contribution in [3.63, 3.8) is 0 Å². The van der Waals surface area contributed by atoms with E-state index in [1.165, 1.54) is 24.3 Å². The van der Waals surface area contributed by atoms with Gasteiger partial charge in [0.25, 0.3) is 5.91 Å². The summed E-state index contributed by atoms with van der Waals surface area (Å²) in [6.45, 7) is 1.73. The average molecular weight is 304 g/mol. The third-order valence-corrected chi connectivity index (χ3v) is 3.47. The third-order valence-electron chi connectivity index (χ3n) is 3.47. The largest absolute Gasteiger partial charge is 0.484 e. The summed E-state index contributed by atoms with van der Waals surface area (Å²) >= 11 is 0. The summed E-state index contributed by atoms with van der Waals surface area (Å²) in [5.41, 5.74) is 0. The van der Waals surface area contributed by atoms with Gasteiger partial charge < -0.3 is 15.4 Å². The maximum atomic E-state index is 12.8. The maximum absolute atomic E-state index is 12.8. The summed E-state index contributed by atoms with van der Waals surface area (Å²) in [7, 11) is 0. The second kappa shape index (κ2) is 6.57. The first-order valence-corrected chi connectivity index (χ1v) is 7.15. The molecule has 1 aromatic carbocycles. The van der Waals surface area contributed by atoms with E-state index in [-0.39, 0.29) is 18.3 Å².